The molecule has 0 aliphatic carbocycles. The Balaban J connectivity index is 2.49. The van der Waals surface area contributed by atoms with E-state index in [2.05, 4.69) is 4.98 Å². The number of rotatable bonds is 2. The maximum atomic E-state index is 13.4. The molecule has 0 atom stereocenters. The summed E-state index contributed by atoms with van der Waals surface area (Å²) in [6.07, 6.45) is -3.25. The van der Waals surface area contributed by atoms with Gasteiger partial charge < -0.3 is 0 Å². The average Bonchev–Trinajstić information content (AvgIpc) is 2.37. The quantitative estimate of drug-likeness (QED) is 0.614. The number of carbonyl (C=O) groups is 1. The summed E-state index contributed by atoms with van der Waals surface area (Å²) in [5.41, 5.74) is -0.796. The molecule has 0 amide bonds. The van der Waals surface area contributed by atoms with Crippen LogP contribution in [0.15, 0.2) is 36.5 Å². The second-order valence-electron chi connectivity index (χ2n) is 3.75. The van der Waals surface area contributed by atoms with Crippen LogP contribution in [0.5, 0.6) is 0 Å². The van der Waals surface area contributed by atoms with E-state index in [-0.39, 0.29) is 16.7 Å². The molecule has 1 aromatic heterocycles. The van der Waals surface area contributed by atoms with E-state index in [9.17, 15) is 22.4 Å². The Kier molecular flexibility index (Phi) is 3.33. The summed E-state index contributed by atoms with van der Waals surface area (Å²) in [6.45, 7) is 0. The van der Waals surface area contributed by atoms with Crippen LogP contribution in [-0.2, 0) is 6.18 Å². The zero-order valence-corrected chi connectivity index (χ0v) is 9.41. The van der Waals surface area contributed by atoms with Crippen molar-refractivity contribution in [2.75, 3.05) is 0 Å². The number of benzene rings is 1. The van der Waals surface area contributed by atoms with Crippen molar-refractivity contribution in [1.29, 1.82) is 0 Å². The second-order valence-corrected chi connectivity index (χ2v) is 3.75. The molecule has 19 heavy (non-hydrogen) atoms. The van der Waals surface area contributed by atoms with Gasteiger partial charge in [0.15, 0.2) is 6.29 Å². The van der Waals surface area contributed by atoms with Gasteiger partial charge in [0.25, 0.3) is 0 Å². The maximum Gasteiger partial charge on any atom is 0.433 e. The monoisotopic (exact) mass is 269 g/mol. The molecule has 0 aliphatic rings. The Morgan fingerprint density at radius 2 is 1.84 bits per heavy atom. The van der Waals surface area contributed by atoms with Crippen LogP contribution in [0.2, 0.25) is 0 Å². The van der Waals surface area contributed by atoms with E-state index in [0.29, 0.717) is 6.29 Å². The summed E-state index contributed by atoms with van der Waals surface area (Å²) >= 11 is 0. The van der Waals surface area contributed by atoms with Gasteiger partial charge in [0.2, 0.25) is 0 Å². The fourth-order valence-corrected chi connectivity index (χ4v) is 1.63. The lowest BCUT2D eigenvalue weighted by Gasteiger charge is -2.08. The number of hydrogen-bond donors (Lipinski definition) is 0. The lowest BCUT2D eigenvalue weighted by Crippen LogP contribution is -2.07. The molecule has 0 fully saturated rings. The highest BCUT2D eigenvalue weighted by Gasteiger charge is 2.32. The van der Waals surface area contributed by atoms with Crippen LogP contribution >= 0.6 is 0 Å². The Morgan fingerprint density at radius 1 is 1.11 bits per heavy atom. The molecule has 0 spiro atoms. The first kappa shape index (κ1) is 13.2. The largest absolute Gasteiger partial charge is 0.433 e. The molecule has 0 saturated carbocycles. The summed E-state index contributed by atoms with van der Waals surface area (Å²) in [5.74, 6) is -0.729. The molecule has 0 bridgehead atoms. The van der Waals surface area contributed by atoms with Crippen LogP contribution in [-0.4, -0.2) is 11.3 Å². The van der Waals surface area contributed by atoms with Crippen molar-refractivity contribution in [3.63, 3.8) is 0 Å². The molecule has 2 nitrogen and oxygen atoms in total. The summed E-state index contributed by atoms with van der Waals surface area (Å²) in [7, 11) is 0. The molecular weight excluding hydrogens is 262 g/mol. The predicted octanol–water partition coefficient (Wildman–Crippen LogP) is 3.72. The highest BCUT2D eigenvalue weighted by Crippen LogP contribution is 2.30. The lowest BCUT2D eigenvalue weighted by atomic mass is 10.0. The van der Waals surface area contributed by atoms with Gasteiger partial charge >= 0.3 is 6.18 Å². The molecular formula is C13H7F4NO. The molecule has 0 aliphatic heterocycles. The van der Waals surface area contributed by atoms with Gasteiger partial charge in [-0.25, -0.2) is 4.39 Å². The van der Waals surface area contributed by atoms with Crippen molar-refractivity contribution in [1.82, 2.24) is 4.98 Å². The van der Waals surface area contributed by atoms with E-state index >= 15 is 0 Å². The van der Waals surface area contributed by atoms with E-state index < -0.39 is 17.7 Å². The zero-order valence-electron chi connectivity index (χ0n) is 9.41. The van der Waals surface area contributed by atoms with Gasteiger partial charge in [-0.15, -0.1) is 0 Å². The maximum absolute atomic E-state index is 13.4. The van der Waals surface area contributed by atoms with Crippen molar-refractivity contribution < 1.29 is 22.4 Å². The van der Waals surface area contributed by atoms with E-state index in [0.717, 1.165) is 24.4 Å². The van der Waals surface area contributed by atoms with Crippen LogP contribution in [0.25, 0.3) is 11.1 Å². The van der Waals surface area contributed by atoms with E-state index in [4.69, 9.17) is 0 Å². The van der Waals surface area contributed by atoms with Gasteiger partial charge in [0.05, 0.1) is 5.56 Å². The lowest BCUT2D eigenvalue weighted by molar-refractivity contribution is -0.141. The number of pyridine rings is 1. The summed E-state index contributed by atoms with van der Waals surface area (Å²) in [6, 6.07) is 5.85. The standard InChI is InChI=1S/C13H7F4NO/c14-11-3-1-2-9(10(11)7-19)8-4-5-12(18-6-8)13(15,16)17/h1-7H. The second kappa shape index (κ2) is 4.79. The highest BCUT2D eigenvalue weighted by molar-refractivity contribution is 5.87. The average molecular weight is 269 g/mol. The normalized spacial score (nSPS) is 11.4. The summed E-state index contributed by atoms with van der Waals surface area (Å²) in [5, 5.41) is 0. The molecule has 0 radical (unpaired) electrons. The number of carbonyl (C=O) groups excluding carboxylic acids is 1. The van der Waals surface area contributed by atoms with Gasteiger partial charge in [-0.2, -0.15) is 13.2 Å². The van der Waals surface area contributed by atoms with Crippen molar-refractivity contribution in [2.45, 2.75) is 6.18 Å². The van der Waals surface area contributed by atoms with Crippen LogP contribution in [0.1, 0.15) is 16.1 Å². The summed E-state index contributed by atoms with van der Waals surface area (Å²) < 4.78 is 50.4. The first-order valence-electron chi connectivity index (χ1n) is 5.21. The van der Waals surface area contributed by atoms with E-state index in [1.165, 1.54) is 12.1 Å². The van der Waals surface area contributed by atoms with Crippen LogP contribution in [0, 0.1) is 5.82 Å². The number of hydrogen-bond acceptors (Lipinski definition) is 2. The SMILES string of the molecule is O=Cc1c(F)cccc1-c1ccc(C(F)(F)F)nc1. The van der Waals surface area contributed by atoms with E-state index in [1.54, 1.807) is 0 Å². The first-order chi connectivity index (χ1) is 8.93. The Hall–Kier alpha value is -2.24. The third-order valence-corrected chi connectivity index (χ3v) is 2.54. The summed E-state index contributed by atoms with van der Waals surface area (Å²) in [4.78, 5) is 14.1. The fraction of sp³-hybridized carbons (Fsp3) is 0.0769. The number of halogens is 4. The minimum atomic E-state index is -4.53. The fourth-order valence-electron chi connectivity index (χ4n) is 1.63. The topological polar surface area (TPSA) is 30.0 Å². The molecule has 6 heteroatoms. The smallest absolute Gasteiger partial charge is 0.298 e. The number of aldehydes is 1. The third-order valence-electron chi connectivity index (χ3n) is 2.54. The van der Waals surface area contributed by atoms with Crippen molar-refractivity contribution >= 4 is 6.29 Å². The highest BCUT2D eigenvalue weighted by atomic mass is 19.4. The predicted molar refractivity (Wildman–Crippen MR) is 60.0 cm³/mol. The molecule has 2 aromatic rings. The van der Waals surface area contributed by atoms with Crippen LogP contribution < -0.4 is 0 Å². The van der Waals surface area contributed by atoms with E-state index in [1.807, 2.05) is 0 Å². The van der Waals surface area contributed by atoms with Gasteiger partial charge in [0.1, 0.15) is 11.5 Å². The van der Waals surface area contributed by atoms with Gasteiger partial charge in [-0.05, 0) is 17.7 Å². The molecule has 1 aromatic carbocycles. The van der Waals surface area contributed by atoms with Gasteiger partial charge in [0, 0.05) is 11.8 Å². The van der Waals surface area contributed by atoms with Gasteiger partial charge in [-0.3, -0.25) is 9.78 Å². The molecule has 0 unspecified atom stereocenters. The minimum absolute atomic E-state index is 0.205. The van der Waals surface area contributed by atoms with Crippen molar-refractivity contribution in [2.24, 2.45) is 0 Å². The van der Waals surface area contributed by atoms with Crippen LogP contribution in [0.3, 0.4) is 0 Å². The molecule has 1 heterocycles. The first-order valence-corrected chi connectivity index (χ1v) is 5.21. The number of aromatic nitrogens is 1. The van der Waals surface area contributed by atoms with Gasteiger partial charge in [-0.1, -0.05) is 18.2 Å². The number of nitrogens with zero attached hydrogens (tertiary/aromatic N) is 1. The minimum Gasteiger partial charge on any atom is -0.298 e. The van der Waals surface area contributed by atoms with Crippen molar-refractivity contribution in [3.05, 3.63) is 53.6 Å². The Morgan fingerprint density at radius 3 is 2.37 bits per heavy atom. The molecule has 0 saturated heterocycles. The van der Waals surface area contributed by atoms with Crippen molar-refractivity contribution in [3.8, 4) is 11.1 Å². The Labute approximate surface area is 105 Å². The third kappa shape index (κ3) is 2.62. The Bertz CT molecular complexity index is 605. The zero-order chi connectivity index (χ0) is 14.0. The molecule has 98 valence electrons. The van der Waals surface area contributed by atoms with Crippen LogP contribution in [0.4, 0.5) is 17.6 Å². The number of alkyl halides is 3. The molecule has 2 rings (SSSR count). The molecule has 0 N–H and O–H groups in total.